The molecule has 0 saturated carbocycles. The molecule has 0 fully saturated rings. The van der Waals surface area contributed by atoms with Crippen LogP contribution >= 0.6 is 0 Å². The Labute approximate surface area is 206 Å². The molecule has 0 amide bonds. The molecule has 0 bridgehead atoms. The van der Waals surface area contributed by atoms with E-state index in [9.17, 15) is 19.2 Å². The first-order chi connectivity index (χ1) is 17.1. The number of carbonyl (C=O) groups is 4. The molecule has 0 aromatic heterocycles. The number of hydrogen-bond acceptors (Lipinski definition) is 10. The Kier molecular flexibility index (Phi) is 8.24. The van der Waals surface area contributed by atoms with Gasteiger partial charge in [0.1, 0.15) is 23.0 Å². The lowest BCUT2D eigenvalue weighted by Gasteiger charge is -2.13. The molecular formula is C26H22O10. The fourth-order valence-electron chi connectivity index (χ4n) is 2.92. The monoisotopic (exact) mass is 494 g/mol. The van der Waals surface area contributed by atoms with Crippen molar-refractivity contribution in [1.29, 1.82) is 0 Å². The van der Waals surface area contributed by atoms with Crippen LogP contribution < -0.4 is 28.4 Å². The Morgan fingerprint density at radius 3 is 1.14 bits per heavy atom. The zero-order chi connectivity index (χ0) is 26.2. The lowest BCUT2D eigenvalue weighted by molar-refractivity contribution is -0.134. The molecule has 36 heavy (non-hydrogen) atoms. The maximum Gasteiger partial charge on any atom is 0.308 e. The summed E-state index contributed by atoms with van der Waals surface area (Å²) >= 11 is 0. The van der Waals surface area contributed by atoms with Crippen LogP contribution in [0.4, 0.5) is 0 Å². The standard InChI is InChI=1S/C26H22O10/c1-15(27)31-23-10-8-21(13-25(23)33-17(3)29)35-19-6-5-7-20(12-19)36-22-9-11-24(32-16(2)28)26(14-22)34-18(4)30/h5-14H,1-4H3. The minimum absolute atomic E-state index is 0.0217. The molecule has 0 aliphatic carbocycles. The molecule has 0 N–H and O–H groups in total. The van der Waals surface area contributed by atoms with Crippen molar-refractivity contribution >= 4 is 23.9 Å². The third-order valence-electron chi connectivity index (χ3n) is 4.12. The highest BCUT2D eigenvalue weighted by Crippen LogP contribution is 2.37. The summed E-state index contributed by atoms with van der Waals surface area (Å²) in [6.07, 6.45) is 0. The molecule has 0 aliphatic rings. The molecule has 0 radical (unpaired) electrons. The third-order valence-corrected chi connectivity index (χ3v) is 4.12. The normalized spacial score (nSPS) is 10.1. The molecule has 0 unspecified atom stereocenters. The van der Waals surface area contributed by atoms with Gasteiger partial charge in [0, 0.05) is 45.9 Å². The summed E-state index contributed by atoms with van der Waals surface area (Å²) in [5.41, 5.74) is 0. The van der Waals surface area contributed by atoms with E-state index >= 15 is 0 Å². The summed E-state index contributed by atoms with van der Waals surface area (Å²) < 4.78 is 32.0. The van der Waals surface area contributed by atoms with Crippen molar-refractivity contribution in [1.82, 2.24) is 0 Å². The van der Waals surface area contributed by atoms with Crippen molar-refractivity contribution in [2.75, 3.05) is 0 Å². The molecule has 3 aromatic carbocycles. The van der Waals surface area contributed by atoms with Gasteiger partial charge >= 0.3 is 23.9 Å². The van der Waals surface area contributed by atoms with Crippen LogP contribution in [0.5, 0.6) is 46.0 Å². The lowest BCUT2D eigenvalue weighted by Crippen LogP contribution is -2.07. The van der Waals surface area contributed by atoms with Crippen LogP contribution in [0, 0.1) is 0 Å². The number of rotatable bonds is 8. The van der Waals surface area contributed by atoms with E-state index in [1.165, 1.54) is 64.1 Å². The number of ether oxygens (including phenoxy) is 6. The summed E-state index contributed by atoms with van der Waals surface area (Å²) in [5, 5.41) is 0. The second-order valence-electron chi connectivity index (χ2n) is 7.27. The van der Waals surface area contributed by atoms with Crippen molar-refractivity contribution < 1.29 is 47.6 Å². The van der Waals surface area contributed by atoms with Crippen molar-refractivity contribution in [3.05, 3.63) is 60.7 Å². The zero-order valence-corrected chi connectivity index (χ0v) is 19.9. The van der Waals surface area contributed by atoms with Gasteiger partial charge in [0.15, 0.2) is 23.0 Å². The molecule has 10 nitrogen and oxygen atoms in total. The Hall–Kier alpha value is -4.86. The van der Waals surface area contributed by atoms with Gasteiger partial charge in [-0.15, -0.1) is 0 Å². The molecule has 0 heterocycles. The number of carbonyl (C=O) groups excluding carboxylic acids is 4. The predicted molar refractivity (Wildman–Crippen MR) is 125 cm³/mol. The van der Waals surface area contributed by atoms with Gasteiger partial charge in [-0.3, -0.25) is 19.2 Å². The zero-order valence-electron chi connectivity index (χ0n) is 19.9. The van der Waals surface area contributed by atoms with Crippen LogP contribution in [0.15, 0.2) is 60.7 Å². The first kappa shape index (κ1) is 25.8. The molecule has 3 aromatic rings. The maximum atomic E-state index is 11.4. The van der Waals surface area contributed by atoms with Crippen molar-refractivity contribution in [2.45, 2.75) is 27.7 Å². The highest BCUT2D eigenvalue weighted by molar-refractivity contribution is 5.75. The van der Waals surface area contributed by atoms with Gasteiger partial charge < -0.3 is 28.4 Å². The van der Waals surface area contributed by atoms with E-state index in [1.54, 1.807) is 24.3 Å². The van der Waals surface area contributed by atoms with Crippen LogP contribution in [0.2, 0.25) is 0 Å². The fourth-order valence-corrected chi connectivity index (χ4v) is 2.92. The molecule has 0 spiro atoms. The van der Waals surface area contributed by atoms with Crippen LogP contribution in [0.25, 0.3) is 0 Å². The summed E-state index contributed by atoms with van der Waals surface area (Å²) in [4.78, 5) is 45.4. The topological polar surface area (TPSA) is 124 Å². The van der Waals surface area contributed by atoms with Crippen LogP contribution in [0.3, 0.4) is 0 Å². The van der Waals surface area contributed by atoms with E-state index in [2.05, 4.69) is 0 Å². The Morgan fingerprint density at radius 2 is 0.778 bits per heavy atom. The summed E-state index contributed by atoms with van der Waals surface area (Å²) in [7, 11) is 0. The van der Waals surface area contributed by atoms with Crippen LogP contribution in [0.1, 0.15) is 27.7 Å². The van der Waals surface area contributed by atoms with Crippen molar-refractivity contribution in [2.24, 2.45) is 0 Å². The lowest BCUT2D eigenvalue weighted by atomic mass is 10.2. The van der Waals surface area contributed by atoms with Gasteiger partial charge in [-0.2, -0.15) is 0 Å². The Bertz CT molecular complexity index is 1220. The summed E-state index contributed by atoms with van der Waals surface area (Å²) in [5.74, 6) is -0.749. The molecule has 186 valence electrons. The summed E-state index contributed by atoms with van der Waals surface area (Å²) in [6.45, 7) is 4.90. The van der Waals surface area contributed by atoms with E-state index < -0.39 is 23.9 Å². The van der Waals surface area contributed by atoms with Crippen molar-refractivity contribution in [3.8, 4) is 46.0 Å². The molecule has 0 saturated heterocycles. The van der Waals surface area contributed by atoms with Gasteiger partial charge in [0.25, 0.3) is 0 Å². The average molecular weight is 494 g/mol. The second kappa shape index (κ2) is 11.5. The molecule has 0 atom stereocenters. The molecule has 10 heteroatoms. The molecule has 0 aliphatic heterocycles. The van der Waals surface area contributed by atoms with Gasteiger partial charge in [0.2, 0.25) is 0 Å². The predicted octanol–water partition coefficient (Wildman–Crippen LogP) is 4.97. The first-order valence-electron chi connectivity index (χ1n) is 10.6. The maximum absolute atomic E-state index is 11.4. The van der Waals surface area contributed by atoms with Crippen LogP contribution in [-0.4, -0.2) is 23.9 Å². The number of hydrogen-bond donors (Lipinski definition) is 0. The van der Waals surface area contributed by atoms with Gasteiger partial charge in [-0.25, -0.2) is 0 Å². The van der Waals surface area contributed by atoms with Gasteiger partial charge in [0.05, 0.1) is 0 Å². The fraction of sp³-hybridized carbons (Fsp3) is 0.154. The van der Waals surface area contributed by atoms with Gasteiger partial charge in [-0.1, -0.05) is 6.07 Å². The quantitative estimate of drug-likeness (QED) is 0.313. The third kappa shape index (κ3) is 7.59. The minimum atomic E-state index is -0.594. The SMILES string of the molecule is CC(=O)Oc1ccc(Oc2cccc(Oc3ccc(OC(C)=O)c(OC(C)=O)c3)c2)cc1OC(C)=O. The largest absolute Gasteiger partial charge is 0.457 e. The highest BCUT2D eigenvalue weighted by Gasteiger charge is 2.14. The highest BCUT2D eigenvalue weighted by atomic mass is 16.6. The minimum Gasteiger partial charge on any atom is -0.457 e. The van der Waals surface area contributed by atoms with Crippen LogP contribution in [-0.2, 0) is 19.2 Å². The second-order valence-corrected chi connectivity index (χ2v) is 7.27. The molecular weight excluding hydrogens is 472 g/mol. The van der Waals surface area contributed by atoms with E-state index in [1.807, 2.05) is 0 Å². The Morgan fingerprint density at radius 1 is 0.444 bits per heavy atom. The average Bonchev–Trinajstić information content (AvgIpc) is 2.76. The van der Waals surface area contributed by atoms with E-state index in [0.29, 0.717) is 23.0 Å². The van der Waals surface area contributed by atoms with Gasteiger partial charge in [-0.05, 0) is 36.4 Å². The van der Waals surface area contributed by atoms with E-state index in [0.717, 1.165) is 0 Å². The first-order valence-corrected chi connectivity index (χ1v) is 10.6. The summed E-state index contributed by atoms with van der Waals surface area (Å²) in [6, 6.07) is 15.4. The molecule has 3 rings (SSSR count). The smallest absolute Gasteiger partial charge is 0.308 e. The van der Waals surface area contributed by atoms with E-state index in [-0.39, 0.29) is 23.0 Å². The number of esters is 4. The van der Waals surface area contributed by atoms with E-state index in [4.69, 9.17) is 28.4 Å². The van der Waals surface area contributed by atoms with Crippen molar-refractivity contribution in [3.63, 3.8) is 0 Å². The number of benzene rings is 3. The Balaban J connectivity index is 1.81.